The third kappa shape index (κ3) is 4.11. The quantitative estimate of drug-likeness (QED) is 0.900. The maximum Gasteiger partial charge on any atom is 0.227 e. The van der Waals surface area contributed by atoms with Crippen LogP contribution in [0.25, 0.3) is 0 Å². The summed E-state index contributed by atoms with van der Waals surface area (Å²) in [4.78, 5) is 24.0. The minimum absolute atomic E-state index is 0.142. The first kappa shape index (κ1) is 17.9. The van der Waals surface area contributed by atoms with Gasteiger partial charge in [-0.15, -0.1) is 0 Å². The molecule has 1 aromatic carbocycles. The van der Waals surface area contributed by atoms with Gasteiger partial charge in [-0.25, -0.2) is 9.97 Å². The van der Waals surface area contributed by atoms with Crippen molar-refractivity contribution in [3.05, 3.63) is 53.1 Å². The van der Waals surface area contributed by atoms with Crippen LogP contribution in [0.4, 0.5) is 0 Å². The van der Waals surface area contributed by atoms with E-state index >= 15 is 0 Å². The van der Waals surface area contributed by atoms with Crippen molar-refractivity contribution in [2.24, 2.45) is 0 Å². The molecule has 1 amide bonds. The summed E-state index contributed by atoms with van der Waals surface area (Å²) in [5, 5.41) is 3.51. The number of amides is 1. The number of ether oxygens (including phenoxy) is 1. The standard InChI is InChI=1S/C21H26N4O2/c1-27-17-7-5-15(6-8-17)12-20(26)25-11-9-18-16(14-25)13-23-21(24-18)19-4-2-3-10-22-19/h5-8,13,19,22H,2-4,9-12,14H2,1H3. The Kier molecular flexibility index (Phi) is 5.34. The van der Waals surface area contributed by atoms with Crippen molar-refractivity contribution in [3.63, 3.8) is 0 Å². The molecule has 0 spiro atoms. The van der Waals surface area contributed by atoms with Crippen molar-refractivity contribution >= 4 is 5.91 Å². The predicted molar refractivity (Wildman–Crippen MR) is 102 cm³/mol. The number of carbonyl (C=O) groups is 1. The number of nitrogens with zero attached hydrogens (tertiary/aromatic N) is 3. The molecular weight excluding hydrogens is 340 g/mol. The van der Waals surface area contributed by atoms with E-state index in [2.05, 4.69) is 10.3 Å². The lowest BCUT2D eigenvalue weighted by Gasteiger charge is -2.29. The van der Waals surface area contributed by atoms with Gasteiger partial charge in [0.2, 0.25) is 5.91 Å². The van der Waals surface area contributed by atoms with Crippen LogP contribution in [0.3, 0.4) is 0 Å². The van der Waals surface area contributed by atoms with Gasteiger partial charge in [0.25, 0.3) is 0 Å². The summed E-state index contributed by atoms with van der Waals surface area (Å²) in [7, 11) is 1.64. The van der Waals surface area contributed by atoms with Gasteiger partial charge in [-0.3, -0.25) is 4.79 Å². The van der Waals surface area contributed by atoms with Crippen molar-refractivity contribution in [2.75, 3.05) is 20.2 Å². The van der Waals surface area contributed by atoms with Gasteiger partial charge in [-0.2, -0.15) is 0 Å². The van der Waals surface area contributed by atoms with Crippen LogP contribution in [0.5, 0.6) is 5.75 Å². The Morgan fingerprint density at radius 1 is 1.30 bits per heavy atom. The van der Waals surface area contributed by atoms with E-state index in [0.29, 0.717) is 13.0 Å². The van der Waals surface area contributed by atoms with E-state index in [1.54, 1.807) is 7.11 Å². The van der Waals surface area contributed by atoms with E-state index < -0.39 is 0 Å². The third-order valence-corrected chi connectivity index (χ3v) is 5.44. The van der Waals surface area contributed by atoms with Crippen LogP contribution in [0.1, 0.15) is 47.9 Å². The lowest BCUT2D eigenvalue weighted by atomic mass is 10.0. The molecule has 2 aromatic rings. The van der Waals surface area contributed by atoms with Crippen LogP contribution in [-0.2, 0) is 24.2 Å². The number of rotatable bonds is 4. The van der Waals surface area contributed by atoms with E-state index in [1.807, 2.05) is 35.4 Å². The minimum atomic E-state index is 0.142. The lowest BCUT2D eigenvalue weighted by molar-refractivity contribution is -0.131. The lowest BCUT2D eigenvalue weighted by Crippen LogP contribution is -2.38. The minimum Gasteiger partial charge on any atom is -0.497 e. The molecule has 2 aliphatic rings. The van der Waals surface area contributed by atoms with Crippen molar-refractivity contribution in [3.8, 4) is 5.75 Å². The second kappa shape index (κ2) is 8.05. The first-order valence-corrected chi connectivity index (χ1v) is 9.71. The van der Waals surface area contributed by atoms with E-state index in [1.165, 1.54) is 12.8 Å². The van der Waals surface area contributed by atoms with Gasteiger partial charge in [0.1, 0.15) is 11.6 Å². The molecule has 1 saturated heterocycles. The number of methoxy groups -OCH3 is 1. The molecule has 3 heterocycles. The molecule has 0 bridgehead atoms. The Morgan fingerprint density at radius 2 is 2.15 bits per heavy atom. The fourth-order valence-corrected chi connectivity index (χ4v) is 3.81. The molecule has 27 heavy (non-hydrogen) atoms. The molecular formula is C21H26N4O2. The average molecular weight is 366 g/mol. The maximum atomic E-state index is 12.7. The largest absolute Gasteiger partial charge is 0.497 e. The van der Waals surface area contributed by atoms with Gasteiger partial charge in [0.05, 0.1) is 25.3 Å². The molecule has 1 atom stereocenters. The number of benzene rings is 1. The summed E-state index contributed by atoms with van der Waals surface area (Å²) in [6.07, 6.45) is 6.68. The summed E-state index contributed by atoms with van der Waals surface area (Å²) >= 11 is 0. The Hall–Kier alpha value is -2.47. The van der Waals surface area contributed by atoms with E-state index in [9.17, 15) is 4.79 Å². The van der Waals surface area contributed by atoms with Crippen molar-refractivity contribution in [1.29, 1.82) is 0 Å². The molecule has 1 aromatic heterocycles. The van der Waals surface area contributed by atoms with Gasteiger partial charge >= 0.3 is 0 Å². The summed E-state index contributed by atoms with van der Waals surface area (Å²) in [6, 6.07) is 7.95. The molecule has 1 N–H and O–H groups in total. The average Bonchev–Trinajstić information content (AvgIpc) is 2.74. The zero-order valence-corrected chi connectivity index (χ0v) is 15.8. The monoisotopic (exact) mass is 366 g/mol. The highest BCUT2D eigenvalue weighted by molar-refractivity contribution is 5.79. The Labute approximate surface area is 160 Å². The molecule has 4 rings (SSSR count). The van der Waals surface area contributed by atoms with Gasteiger partial charge in [0, 0.05) is 31.3 Å². The SMILES string of the molecule is COc1ccc(CC(=O)N2CCc3nc(C4CCCCN4)ncc3C2)cc1. The van der Waals surface area contributed by atoms with E-state index in [0.717, 1.165) is 54.3 Å². The van der Waals surface area contributed by atoms with E-state index in [-0.39, 0.29) is 11.9 Å². The smallest absolute Gasteiger partial charge is 0.227 e. The van der Waals surface area contributed by atoms with Crippen LogP contribution >= 0.6 is 0 Å². The first-order chi connectivity index (χ1) is 13.2. The molecule has 142 valence electrons. The Balaban J connectivity index is 1.40. The van der Waals surface area contributed by atoms with Gasteiger partial charge in [-0.05, 0) is 37.1 Å². The van der Waals surface area contributed by atoms with Crippen LogP contribution in [0.2, 0.25) is 0 Å². The number of aromatic nitrogens is 2. The molecule has 0 saturated carbocycles. The normalized spacial score (nSPS) is 19.4. The fraction of sp³-hybridized carbons (Fsp3) is 0.476. The van der Waals surface area contributed by atoms with Crippen LogP contribution in [0, 0.1) is 0 Å². The summed E-state index contributed by atoms with van der Waals surface area (Å²) in [5.41, 5.74) is 3.17. The van der Waals surface area contributed by atoms with Crippen LogP contribution < -0.4 is 10.1 Å². The van der Waals surface area contributed by atoms with Gasteiger partial charge < -0.3 is 15.0 Å². The molecule has 2 aliphatic heterocycles. The second-order valence-electron chi connectivity index (χ2n) is 7.29. The highest BCUT2D eigenvalue weighted by Crippen LogP contribution is 2.23. The highest BCUT2D eigenvalue weighted by atomic mass is 16.5. The molecule has 6 heteroatoms. The number of carbonyl (C=O) groups excluding carboxylic acids is 1. The topological polar surface area (TPSA) is 67.3 Å². The van der Waals surface area contributed by atoms with Crippen molar-refractivity contribution < 1.29 is 9.53 Å². The maximum absolute atomic E-state index is 12.7. The third-order valence-electron chi connectivity index (χ3n) is 5.44. The Morgan fingerprint density at radius 3 is 2.89 bits per heavy atom. The summed E-state index contributed by atoms with van der Waals surface area (Å²) in [6.45, 7) is 2.36. The molecule has 6 nitrogen and oxygen atoms in total. The molecule has 0 aliphatic carbocycles. The number of hydrogen-bond donors (Lipinski definition) is 1. The number of hydrogen-bond acceptors (Lipinski definition) is 5. The summed E-state index contributed by atoms with van der Waals surface area (Å²) < 4.78 is 5.17. The van der Waals surface area contributed by atoms with E-state index in [4.69, 9.17) is 9.72 Å². The number of nitrogens with one attached hydrogen (secondary N) is 1. The molecule has 1 unspecified atom stereocenters. The zero-order valence-electron chi connectivity index (χ0n) is 15.8. The van der Waals surface area contributed by atoms with Crippen molar-refractivity contribution in [2.45, 2.75) is 44.7 Å². The van der Waals surface area contributed by atoms with Gasteiger partial charge in [-0.1, -0.05) is 18.6 Å². The van der Waals surface area contributed by atoms with Crippen LogP contribution in [0.15, 0.2) is 30.5 Å². The van der Waals surface area contributed by atoms with Crippen molar-refractivity contribution in [1.82, 2.24) is 20.2 Å². The number of piperidine rings is 1. The second-order valence-corrected chi connectivity index (χ2v) is 7.29. The first-order valence-electron chi connectivity index (χ1n) is 9.71. The highest BCUT2D eigenvalue weighted by Gasteiger charge is 2.24. The predicted octanol–water partition coefficient (Wildman–Crippen LogP) is 2.43. The number of fused-ring (bicyclic) bond motifs is 1. The van der Waals surface area contributed by atoms with Crippen LogP contribution in [-0.4, -0.2) is 41.0 Å². The fourth-order valence-electron chi connectivity index (χ4n) is 3.81. The molecule has 0 radical (unpaired) electrons. The Bertz CT molecular complexity index is 800. The molecule has 1 fully saturated rings. The zero-order chi connectivity index (χ0) is 18.6. The summed E-state index contributed by atoms with van der Waals surface area (Å²) in [5.74, 6) is 1.86. The van der Waals surface area contributed by atoms with Gasteiger partial charge in [0.15, 0.2) is 0 Å².